The van der Waals surface area contributed by atoms with Crippen molar-refractivity contribution in [2.24, 2.45) is 0 Å². The molecule has 1 saturated heterocycles. The van der Waals surface area contributed by atoms with Crippen LogP contribution in [0.2, 0.25) is 0 Å². The van der Waals surface area contributed by atoms with Gasteiger partial charge in [-0.2, -0.15) is 5.10 Å². The molecule has 0 spiro atoms. The summed E-state index contributed by atoms with van der Waals surface area (Å²) >= 11 is 0. The van der Waals surface area contributed by atoms with Crippen LogP contribution in [0.25, 0.3) is 5.69 Å². The van der Waals surface area contributed by atoms with Crippen molar-refractivity contribution in [2.75, 3.05) is 13.1 Å². The minimum atomic E-state index is -0.280. The highest BCUT2D eigenvalue weighted by Crippen LogP contribution is 2.21. The van der Waals surface area contributed by atoms with Crippen LogP contribution in [0.15, 0.2) is 42.7 Å². The van der Waals surface area contributed by atoms with Crippen molar-refractivity contribution in [3.05, 3.63) is 48.3 Å². The number of hydrogen-bond acceptors (Lipinski definition) is 3. The Morgan fingerprint density at radius 3 is 2.70 bits per heavy atom. The maximum atomic E-state index is 12.6. The van der Waals surface area contributed by atoms with E-state index in [0.29, 0.717) is 19.5 Å². The molecule has 1 unspecified atom stereocenters. The molecule has 0 saturated carbocycles. The summed E-state index contributed by atoms with van der Waals surface area (Å²) in [6.07, 6.45) is 4.14. The molecule has 0 aliphatic carbocycles. The SMILES string of the molecule is CC1CN(C(=O)Cc2ccc(-n3cccn3)cc2)CC(C)(C)O1. The Balaban J connectivity index is 1.66. The van der Waals surface area contributed by atoms with Gasteiger partial charge in [0, 0.05) is 25.5 Å². The summed E-state index contributed by atoms with van der Waals surface area (Å²) < 4.78 is 7.66. The Bertz CT molecular complexity index is 662. The zero-order valence-electron chi connectivity index (χ0n) is 13.9. The van der Waals surface area contributed by atoms with E-state index in [4.69, 9.17) is 4.74 Å². The van der Waals surface area contributed by atoms with Gasteiger partial charge >= 0.3 is 0 Å². The van der Waals surface area contributed by atoms with Crippen molar-refractivity contribution < 1.29 is 9.53 Å². The lowest BCUT2D eigenvalue weighted by Crippen LogP contribution is -2.54. The quantitative estimate of drug-likeness (QED) is 0.874. The van der Waals surface area contributed by atoms with Crippen LogP contribution in [0.3, 0.4) is 0 Å². The highest BCUT2D eigenvalue weighted by molar-refractivity contribution is 5.79. The second-order valence-electron chi connectivity index (χ2n) is 6.76. The van der Waals surface area contributed by atoms with Gasteiger partial charge in [-0.15, -0.1) is 0 Å². The van der Waals surface area contributed by atoms with Crippen LogP contribution in [0.1, 0.15) is 26.3 Å². The number of carbonyl (C=O) groups is 1. The number of aromatic nitrogens is 2. The summed E-state index contributed by atoms with van der Waals surface area (Å²) in [4.78, 5) is 14.5. The van der Waals surface area contributed by atoms with E-state index in [1.54, 1.807) is 10.9 Å². The number of rotatable bonds is 3. The first-order valence-electron chi connectivity index (χ1n) is 7.97. The van der Waals surface area contributed by atoms with Crippen molar-refractivity contribution in [3.8, 4) is 5.69 Å². The number of amides is 1. The fourth-order valence-corrected chi connectivity index (χ4v) is 3.12. The number of carbonyl (C=O) groups excluding carboxylic acids is 1. The second kappa shape index (κ2) is 6.16. The van der Waals surface area contributed by atoms with E-state index in [9.17, 15) is 4.79 Å². The minimum Gasteiger partial charge on any atom is -0.369 e. The summed E-state index contributed by atoms with van der Waals surface area (Å²) in [6.45, 7) is 7.37. The summed E-state index contributed by atoms with van der Waals surface area (Å²) in [5, 5.41) is 4.20. The summed E-state index contributed by atoms with van der Waals surface area (Å²) in [5.74, 6) is 0.153. The van der Waals surface area contributed by atoms with Crippen LogP contribution in [0, 0.1) is 0 Å². The highest BCUT2D eigenvalue weighted by atomic mass is 16.5. The predicted octanol–water partition coefficient (Wildman–Crippen LogP) is 2.44. The van der Waals surface area contributed by atoms with Gasteiger partial charge in [0.05, 0.1) is 23.8 Å². The van der Waals surface area contributed by atoms with Crippen LogP contribution in [-0.4, -0.2) is 45.4 Å². The average Bonchev–Trinajstić information content (AvgIpc) is 3.00. The monoisotopic (exact) mass is 313 g/mol. The normalized spacial score (nSPS) is 20.5. The van der Waals surface area contributed by atoms with E-state index in [1.807, 2.05) is 62.2 Å². The molecule has 2 heterocycles. The third kappa shape index (κ3) is 3.79. The average molecular weight is 313 g/mol. The van der Waals surface area contributed by atoms with E-state index in [1.165, 1.54) is 0 Å². The first kappa shape index (κ1) is 15.7. The van der Waals surface area contributed by atoms with Gasteiger partial charge in [-0.05, 0) is 44.5 Å². The standard InChI is InChI=1S/C18H23N3O2/c1-14-12-20(13-18(2,3)23-14)17(22)11-15-5-7-16(8-6-15)21-10-4-9-19-21/h4-10,14H,11-13H2,1-3H3. The van der Waals surface area contributed by atoms with Gasteiger partial charge in [-0.1, -0.05) is 12.1 Å². The molecule has 1 fully saturated rings. The summed E-state index contributed by atoms with van der Waals surface area (Å²) in [5.41, 5.74) is 1.73. The number of ether oxygens (including phenoxy) is 1. The van der Waals surface area contributed by atoms with Gasteiger partial charge in [0.2, 0.25) is 5.91 Å². The van der Waals surface area contributed by atoms with Crippen molar-refractivity contribution in [1.82, 2.24) is 14.7 Å². The molecule has 1 aromatic heterocycles. The Labute approximate surface area is 136 Å². The summed E-state index contributed by atoms with van der Waals surface area (Å²) in [7, 11) is 0. The van der Waals surface area contributed by atoms with Gasteiger partial charge in [-0.3, -0.25) is 4.79 Å². The van der Waals surface area contributed by atoms with E-state index in [-0.39, 0.29) is 17.6 Å². The molecule has 5 heteroatoms. The number of hydrogen-bond donors (Lipinski definition) is 0. The van der Waals surface area contributed by atoms with Crippen molar-refractivity contribution in [3.63, 3.8) is 0 Å². The molecular weight excluding hydrogens is 290 g/mol. The lowest BCUT2D eigenvalue weighted by Gasteiger charge is -2.41. The van der Waals surface area contributed by atoms with Gasteiger partial charge in [-0.25, -0.2) is 4.68 Å². The van der Waals surface area contributed by atoms with Crippen LogP contribution >= 0.6 is 0 Å². The Morgan fingerprint density at radius 1 is 1.35 bits per heavy atom. The fourth-order valence-electron chi connectivity index (χ4n) is 3.12. The largest absolute Gasteiger partial charge is 0.369 e. The van der Waals surface area contributed by atoms with Crippen LogP contribution in [-0.2, 0) is 16.0 Å². The number of morpholine rings is 1. The lowest BCUT2D eigenvalue weighted by atomic mass is 10.0. The first-order valence-corrected chi connectivity index (χ1v) is 7.97. The Hall–Kier alpha value is -2.14. The molecule has 0 radical (unpaired) electrons. The molecular formula is C18H23N3O2. The molecule has 1 aliphatic heterocycles. The van der Waals surface area contributed by atoms with Crippen molar-refractivity contribution in [2.45, 2.75) is 38.9 Å². The molecule has 23 heavy (non-hydrogen) atoms. The van der Waals surface area contributed by atoms with E-state index >= 15 is 0 Å². The molecule has 122 valence electrons. The van der Waals surface area contributed by atoms with E-state index in [0.717, 1.165) is 11.3 Å². The fraction of sp³-hybridized carbons (Fsp3) is 0.444. The van der Waals surface area contributed by atoms with Crippen molar-refractivity contribution in [1.29, 1.82) is 0 Å². The van der Waals surface area contributed by atoms with Crippen molar-refractivity contribution >= 4 is 5.91 Å². The molecule has 3 rings (SSSR count). The van der Waals surface area contributed by atoms with Crippen LogP contribution in [0.4, 0.5) is 0 Å². The Morgan fingerprint density at radius 2 is 2.09 bits per heavy atom. The molecule has 2 aromatic rings. The van der Waals surface area contributed by atoms with Crippen LogP contribution in [0.5, 0.6) is 0 Å². The third-order valence-corrected chi connectivity index (χ3v) is 3.98. The lowest BCUT2D eigenvalue weighted by molar-refractivity contribution is -0.157. The minimum absolute atomic E-state index is 0.0740. The molecule has 1 aromatic carbocycles. The first-order chi connectivity index (χ1) is 10.9. The molecule has 1 amide bonds. The summed E-state index contributed by atoms with van der Waals surface area (Å²) in [6, 6.07) is 9.84. The molecule has 5 nitrogen and oxygen atoms in total. The number of benzene rings is 1. The highest BCUT2D eigenvalue weighted by Gasteiger charge is 2.33. The zero-order chi connectivity index (χ0) is 16.4. The third-order valence-electron chi connectivity index (χ3n) is 3.98. The molecule has 0 N–H and O–H groups in total. The van der Waals surface area contributed by atoms with E-state index < -0.39 is 0 Å². The number of nitrogens with zero attached hydrogens (tertiary/aromatic N) is 3. The van der Waals surface area contributed by atoms with Gasteiger partial charge in [0.15, 0.2) is 0 Å². The predicted molar refractivity (Wildman–Crippen MR) is 88.5 cm³/mol. The molecule has 1 atom stereocenters. The van der Waals surface area contributed by atoms with E-state index in [2.05, 4.69) is 5.10 Å². The van der Waals surface area contributed by atoms with Gasteiger partial charge in [0.25, 0.3) is 0 Å². The molecule has 1 aliphatic rings. The van der Waals surface area contributed by atoms with Crippen LogP contribution < -0.4 is 0 Å². The van der Waals surface area contributed by atoms with Gasteiger partial charge in [0.1, 0.15) is 0 Å². The maximum absolute atomic E-state index is 12.6. The maximum Gasteiger partial charge on any atom is 0.227 e. The van der Waals surface area contributed by atoms with Gasteiger partial charge < -0.3 is 9.64 Å². The Kier molecular flexibility index (Phi) is 4.22. The second-order valence-corrected chi connectivity index (χ2v) is 6.76. The molecule has 0 bridgehead atoms. The smallest absolute Gasteiger partial charge is 0.227 e. The topological polar surface area (TPSA) is 47.4 Å². The zero-order valence-corrected chi connectivity index (χ0v) is 13.9.